The number of nitrogens with one attached hydrogen (secondary N) is 1. The molecule has 1 heterocycles. The van der Waals surface area contributed by atoms with Gasteiger partial charge in [-0.3, -0.25) is 0 Å². The second-order valence-electron chi connectivity index (χ2n) is 5.40. The predicted molar refractivity (Wildman–Crippen MR) is 73.5 cm³/mol. The maximum Gasteiger partial charge on any atom is 0.0750 e. The minimum absolute atomic E-state index is 0.0703. The fourth-order valence-electron chi connectivity index (χ4n) is 2.19. The summed E-state index contributed by atoms with van der Waals surface area (Å²) in [4.78, 5) is 1.47. The van der Waals surface area contributed by atoms with E-state index in [4.69, 9.17) is 4.74 Å². The largest absolute Gasteiger partial charge is 0.375 e. The zero-order valence-electron chi connectivity index (χ0n) is 11.0. The summed E-state index contributed by atoms with van der Waals surface area (Å²) in [6, 6.07) is 4.92. The second-order valence-corrected chi connectivity index (χ2v) is 6.38. The lowest BCUT2D eigenvalue weighted by Gasteiger charge is -2.28. The molecule has 3 heteroatoms. The van der Waals surface area contributed by atoms with E-state index in [1.54, 1.807) is 0 Å². The molecule has 96 valence electrons. The van der Waals surface area contributed by atoms with Crippen molar-refractivity contribution in [2.75, 3.05) is 13.2 Å². The summed E-state index contributed by atoms with van der Waals surface area (Å²) >= 11 is 1.86. The van der Waals surface area contributed by atoms with Gasteiger partial charge in [0.25, 0.3) is 0 Å². The maximum absolute atomic E-state index is 5.74. The van der Waals surface area contributed by atoms with Crippen LogP contribution in [0.2, 0.25) is 0 Å². The standard InChI is InChI=1S/C14H23NOS/c1-4-16-14(2,3)10-15-13(11-7-8-11)12-6-5-9-17-12/h5-6,9,11,13,15H,4,7-8,10H2,1-3H3. The van der Waals surface area contributed by atoms with E-state index in [0.29, 0.717) is 6.04 Å². The lowest BCUT2D eigenvalue weighted by atomic mass is 10.1. The van der Waals surface area contributed by atoms with Crippen molar-refractivity contribution in [1.29, 1.82) is 0 Å². The Morgan fingerprint density at radius 1 is 1.53 bits per heavy atom. The molecule has 0 bridgehead atoms. The Morgan fingerprint density at radius 3 is 2.82 bits per heavy atom. The van der Waals surface area contributed by atoms with Crippen LogP contribution in [0.1, 0.15) is 44.5 Å². The Balaban J connectivity index is 1.91. The Kier molecular flexibility index (Phi) is 4.23. The van der Waals surface area contributed by atoms with Crippen LogP contribution in [0.25, 0.3) is 0 Å². The number of hydrogen-bond donors (Lipinski definition) is 1. The molecule has 0 aromatic carbocycles. The molecule has 1 aliphatic rings. The molecule has 2 rings (SSSR count). The first kappa shape index (κ1) is 13.1. The maximum atomic E-state index is 5.74. The van der Waals surface area contributed by atoms with Gasteiger partial charge in [0, 0.05) is 24.1 Å². The lowest BCUT2D eigenvalue weighted by Crippen LogP contribution is -2.39. The molecule has 1 aromatic rings. The van der Waals surface area contributed by atoms with Crippen molar-refractivity contribution in [3.8, 4) is 0 Å². The molecule has 1 saturated carbocycles. The summed E-state index contributed by atoms with van der Waals surface area (Å²) in [5.41, 5.74) is -0.0703. The summed E-state index contributed by atoms with van der Waals surface area (Å²) in [6.07, 6.45) is 2.73. The van der Waals surface area contributed by atoms with Gasteiger partial charge in [0.1, 0.15) is 0 Å². The highest BCUT2D eigenvalue weighted by molar-refractivity contribution is 7.10. The first-order chi connectivity index (χ1) is 8.12. The van der Waals surface area contributed by atoms with Gasteiger partial charge in [-0.05, 0) is 51.0 Å². The van der Waals surface area contributed by atoms with Crippen molar-refractivity contribution in [2.24, 2.45) is 5.92 Å². The van der Waals surface area contributed by atoms with Crippen LogP contribution in [0, 0.1) is 5.92 Å². The van der Waals surface area contributed by atoms with Gasteiger partial charge < -0.3 is 10.1 Å². The summed E-state index contributed by atoms with van der Waals surface area (Å²) in [5.74, 6) is 0.839. The highest BCUT2D eigenvalue weighted by Crippen LogP contribution is 2.42. The minimum atomic E-state index is -0.0703. The molecular weight excluding hydrogens is 230 g/mol. The van der Waals surface area contributed by atoms with Crippen molar-refractivity contribution in [3.63, 3.8) is 0 Å². The zero-order valence-corrected chi connectivity index (χ0v) is 11.8. The quantitative estimate of drug-likeness (QED) is 0.801. The van der Waals surface area contributed by atoms with E-state index in [-0.39, 0.29) is 5.60 Å². The Morgan fingerprint density at radius 2 is 2.29 bits per heavy atom. The average molecular weight is 253 g/mol. The summed E-state index contributed by atoms with van der Waals surface area (Å²) in [6.45, 7) is 8.06. The summed E-state index contributed by atoms with van der Waals surface area (Å²) in [5, 5.41) is 5.86. The van der Waals surface area contributed by atoms with Crippen molar-refractivity contribution in [2.45, 2.75) is 45.3 Å². The van der Waals surface area contributed by atoms with Gasteiger partial charge in [0.15, 0.2) is 0 Å². The highest BCUT2D eigenvalue weighted by atomic mass is 32.1. The first-order valence-corrected chi connectivity index (χ1v) is 7.41. The van der Waals surface area contributed by atoms with Gasteiger partial charge in [-0.25, -0.2) is 0 Å². The monoisotopic (exact) mass is 253 g/mol. The molecule has 1 aromatic heterocycles. The van der Waals surface area contributed by atoms with E-state index < -0.39 is 0 Å². The van der Waals surface area contributed by atoms with E-state index in [9.17, 15) is 0 Å². The summed E-state index contributed by atoms with van der Waals surface area (Å²) < 4.78 is 5.74. The topological polar surface area (TPSA) is 21.3 Å². The van der Waals surface area contributed by atoms with Crippen molar-refractivity contribution in [3.05, 3.63) is 22.4 Å². The van der Waals surface area contributed by atoms with Crippen LogP contribution in [0.5, 0.6) is 0 Å². The fourth-order valence-corrected chi connectivity index (χ4v) is 3.09. The molecule has 2 nitrogen and oxygen atoms in total. The normalized spacial score (nSPS) is 18.3. The molecule has 1 unspecified atom stereocenters. The molecule has 1 atom stereocenters. The number of thiophene rings is 1. The molecule has 0 amide bonds. The van der Waals surface area contributed by atoms with E-state index in [1.807, 2.05) is 11.3 Å². The smallest absolute Gasteiger partial charge is 0.0750 e. The van der Waals surface area contributed by atoms with Crippen molar-refractivity contribution >= 4 is 11.3 Å². The molecule has 1 aliphatic carbocycles. The van der Waals surface area contributed by atoms with E-state index in [2.05, 4.69) is 43.6 Å². The Bertz CT molecular complexity index is 330. The third kappa shape index (κ3) is 3.80. The van der Waals surface area contributed by atoms with Gasteiger partial charge in [0.2, 0.25) is 0 Å². The van der Waals surface area contributed by atoms with E-state index >= 15 is 0 Å². The highest BCUT2D eigenvalue weighted by Gasteiger charge is 2.33. The Labute approximate surface area is 108 Å². The van der Waals surface area contributed by atoms with Crippen LogP contribution in [-0.2, 0) is 4.74 Å². The van der Waals surface area contributed by atoms with Crippen LogP contribution in [0.15, 0.2) is 17.5 Å². The van der Waals surface area contributed by atoms with Crippen LogP contribution in [0.3, 0.4) is 0 Å². The average Bonchev–Trinajstić information content (AvgIpc) is 2.94. The molecule has 0 aliphatic heterocycles. The number of hydrogen-bond acceptors (Lipinski definition) is 3. The molecule has 0 radical (unpaired) electrons. The van der Waals surface area contributed by atoms with Gasteiger partial charge in [-0.2, -0.15) is 0 Å². The van der Waals surface area contributed by atoms with Gasteiger partial charge >= 0.3 is 0 Å². The van der Waals surface area contributed by atoms with Crippen molar-refractivity contribution < 1.29 is 4.74 Å². The fraction of sp³-hybridized carbons (Fsp3) is 0.714. The van der Waals surface area contributed by atoms with Crippen LogP contribution >= 0.6 is 11.3 Å². The summed E-state index contributed by atoms with van der Waals surface area (Å²) in [7, 11) is 0. The second kappa shape index (κ2) is 5.51. The minimum Gasteiger partial charge on any atom is -0.375 e. The zero-order chi connectivity index (χ0) is 12.3. The third-order valence-electron chi connectivity index (χ3n) is 3.23. The molecule has 17 heavy (non-hydrogen) atoms. The Hall–Kier alpha value is -0.380. The number of rotatable bonds is 7. The van der Waals surface area contributed by atoms with Gasteiger partial charge in [-0.15, -0.1) is 11.3 Å². The van der Waals surface area contributed by atoms with E-state index in [0.717, 1.165) is 19.1 Å². The molecule has 1 N–H and O–H groups in total. The van der Waals surface area contributed by atoms with Crippen LogP contribution in [-0.4, -0.2) is 18.8 Å². The predicted octanol–water partition coefficient (Wildman–Crippen LogP) is 3.60. The number of ether oxygens (including phenoxy) is 1. The van der Waals surface area contributed by atoms with Gasteiger partial charge in [0.05, 0.1) is 5.60 Å². The molecule has 1 fully saturated rings. The molecular formula is C14H23NOS. The lowest BCUT2D eigenvalue weighted by molar-refractivity contribution is -0.0110. The third-order valence-corrected chi connectivity index (χ3v) is 4.18. The van der Waals surface area contributed by atoms with E-state index in [1.165, 1.54) is 17.7 Å². The first-order valence-electron chi connectivity index (χ1n) is 6.53. The van der Waals surface area contributed by atoms with Crippen molar-refractivity contribution in [1.82, 2.24) is 5.32 Å². The van der Waals surface area contributed by atoms with Crippen LogP contribution in [0.4, 0.5) is 0 Å². The van der Waals surface area contributed by atoms with Gasteiger partial charge in [-0.1, -0.05) is 6.07 Å². The SMILES string of the molecule is CCOC(C)(C)CNC(c1cccs1)C1CC1. The molecule has 0 saturated heterocycles. The molecule has 0 spiro atoms. The van der Waals surface area contributed by atoms with Crippen LogP contribution < -0.4 is 5.32 Å².